The fourth-order valence-corrected chi connectivity index (χ4v) is 2.06. The topological polar surface area (TPSA) is 59.3 Å². The summed E-state index contributed by atoms with van der Waals surface area (Å²) < 4.78 is 45.2. The molecule has 4 nitrogen and oxygen atoms in total. The molecule has 20 heavy (non-hydrogen) atoms. The number of halogens is 4. The van der Waals surface area contributed by atoms with Gasteiger partial charge < -0.3 is 9.47 Å². The Balaban J connectivity index is 3.08. The Bertz CT molecular complexity index is 552. The van der Waals surface area contributed by atoms with Gasteiger partial charge in [-0.05, 0) is 47.2 Å². The summed E-state index contributed by atoms with van der Waals surface area (Å²) in [6.45, 7) is 1.82. The van der Waals surface area contributed by atoms with E-state index in [0.717, 1.165) is 6.07 Å². The zero-order valence-corrected chi connectivity index (χ0v) is 12.4. The summed E-state index contributed by atoms with van der Waals surface area (Å²) in [5.41, 5.74) is 0.239. The molecule has 0 aliphatic heterocycles. The molecule has 8 heteroatoms. The molecule has 1 rings (SSSR count). The van der Waals surface area contributed by atoms with Gasteiger partial charge in [0.25, 0.3) is 0 Å². The standard InChI is InChI=1S/C12H9F3INO3/c1-2-19-11(18)5-7-3-9(16)10(4-8(7)6-17)20-12(13,14)15/h3-4H,2,5H2,1H3. The van der Waals surface area contributed by atoms with Crippen LogP contribution in [0.5, 0.6) is 5.75 Å². The molecule has 0 atom stereocenters. The fourth-order valence-electron chi connectivity index (χ4n) is 1.42. The Kier molecular flexibility index (Phi) is 5.62. The van der Waals surface area contributed by atoms with Gasteiger partial charge in [0.2, 0.25) is 0 Å². The van der Waals surface area contributed by atoms with Crippen LogP contribution in [0.2, 0.25) is 0 Å². The van der Waals surface area contributed by atoms with E-state index >= 15 is 0 Å². The maximum Gasteiger partial charge on any atom is 0.573 e. The van der Waals surface area contributed by atoms with Crippen LogP contribution < -0.4 is 4.74 Å². The van der Waals surface area contributed by atoms with Crippen LogP contribution in [0.3, 0.4) is 0 Å². The van der Waals surface area contributed by atoms with Gasteiger partial charge in [-0.2, -0.15) is 5.26 Å². The summed E-state index contributed by atoms with van der Waals surface area (Å²) in [4.78, 5) is 11.4. The van der Waals surface area contributed by atoms with Crippen LogP contribution in [-0.2, 0) is 16.0 Å². The summed E-state index contributed by atoms with van der Waals surface area (Å²) >= 11 is 1.64. The van der Waals surface area contributed by atoms with E-state index in [4.69, 9.17) is 10.00 Å². The van der Waals surface area contributed by atoms with Gasteiger partial charge in [0.05, 0.1) is 28.2 Å². The van der Waals surface area contributed by atoms with E-state index in [1.807, 2.05) is 0 Å². The molecule has 108 valence electrons. The van der Waals surface area contributed by atoms with Crippen molar-refractivity contribution in [1.29, 1.82) is 5.26 Å². The molecule has 0 saturated heterocycles. The minimum absolute atomic E-state index is 0.0577. The highest BCUT2D eigenvalue weighted by Gasteiger charge is 2.32. The van der Waals surface area contributed by atoms with Crippen LogP contribution in [0, 0.1) is 14.9 Å². The molecular formula is C12H9F3INO3. The first-order valence-corrected chi connectivity index (χ1v) is 6.48. The molecule has 1 aromatic carbocycles. The van der Waals surface area contributed by atoms with Crippen molar-refractivity contribution >= 4 is 28.6 Å². The van der Waals surface area contributed by atoms with Crippen LogP contribution >= 0.6 is 22.6 Å². The van der Waals surface area contributed by atoms with Gasteiger partial charge in [-0.25, -0.2) is 0 Å². The second-order valence-corrected chi connectivity index (χ2v) is 4.74. The third kappa shape index (κ3) is 4.88. The molecular weight excluding hydrogens is 390 g/mol. The first kappa shape index (κ1) is 16.6. The number of alkyl halides is 3. The molecule has 0 unspecified atom stereocenters. The van der Waals surface area contributed by atoms with E-state index in [-0.39, 0.29) is 22.2 Å². The zero-order chi connectivity index (χ0) is 15.3. The number of esters is 1. The van der Waals surface area contributed by atoms with E-state index in [1.165, 1.54) is 6.07 Å². The number of nitriles is 1. The lowest BCUT2D eigenvalue weighted by molar-refractivity contribution is -0.275. The van der Waals surface area contributed by atoms with Crippen molar-refractivity contribution in [3.05, 3.63) is 26.8 Å². The second-order valence-electron chi connectivity index (χ2n) is 3.58. The molecule has 0 aliphatic rings. The molecule has 0 spiro atoms. The van der Waals surface area contributed by atoms with Gasteiger partial charge in [0.15, 0.2) is 0 Å². The van der Waals surface area contributed by atoms with Crippen molar-refractivity contribution in [3.63, 3.8) is 0 Å². The van der Waals surface area contributed by atoms with Crippen molar-refractivity contribution in [2.75, 3.05) is 6.61 Å². The Hall–Kier alpha value is -1.50. The number of benzene rings is 1. The van der Waals surface area contributed by atoms with Gasteiger partial charge in [0, 0.05) is 0 Å². The summed E-state index contributed by atoms with van der Waals surface area (Å²) in [5.74, 6) is -1.02. The average Bonchev–Trinajstić information content (AvgIpc) is 2.31. The molecule has 0 saturated carbocycles. The predicted octanol–water partition coefficient (Wildman–Crippen LogP) is 3.17. The Labute approximate surface area is 126 Å². The highest BCUT2D eigenvalue weighted by Crippen LogP contribution is 2.30. The van der Waals surface area contributed by atoms with Gasteiger partial charge in [-0.15, -0.1) is 13.2 Å². The molecule has 0 fully saturated rings. The Morgan fingerprint density at radius 1 is 1.45 bits per heavy atom. The highest BCUT2D eigenvalue weighted by molar-refractivity contribution is 14.1. The second kappa shape index (κ2) is 6.78. The first-order valence-electron chi connectivity index (χ1n) is 5.40. The van der Waals surface area contributed by atoms with Crippen LogP contribution in [0.4, 0.5) is 13.2 Å². The van der Waals surface area contributed by atoms with E-state index in [9.17, 15) is 18.0 Å². The summed E-state index contributed by atoms with van der Waals surface area (Å²) in [7, 11) is 0. The van der Waals surface area contributed by atoms with Crippen LogP contribution in [-0.4, -0.2) is 18.9 Å². The maximum absolute atomic E-state index is 12.2. The van der Waals surface area contributed by atoms with Crippen molar-refractivity contribution in [1.82, 2.24) is 0 Å². The largest absolute Gasteiger partial charge is 0.573 e. The number of hydrogen-bond donors (Lipinski definition) is 0. The molecule has 0 aromatic heterocycles. The van der Waals surface area contributed by atoms with Crippen LogP contribution in [0.1, 0.15) is 18.1 Å². The summed E-state index contributed by atoms with van der Waals surface area (Å²) in [6, 6.07) is 4.00. The number of hydrogen-bond acceptors (Lipinski definition) is 4. The number of ether oxygens (including phenoxy) is 2. The SMILES string of the molecule is CCOC(=O)Cc1cc(I)c(OC(F)(F)F)cc1C#N. The lowest BCUT2D eigenvalue weighted by Gasteiger charge is -2.12. The number of carbonyl (C=O) groups is 1. The molecule has 0 bridgehead atoms. The third-order valence-corrected chi connectivity index (χ3v) is 2.99. The number of nitrogens with zero attached hydrogens (tertiary/aromatic N) is 1. The lowest BCUT2D eigenvalue weighted by atomic mass is 10.1. The predicted molar refractivity (Wildman–Crippen MR) is 70.9 cm³/mol. The van der Waals surface area contributed by atoms with E-state index in [0.29, 0.717) is 5.56 Å². The van der Waals surface area contributed by atoms with Crippen molar-refractivity contribution < 1.29 is 27.4 Å². The van der Waals surface area contributed by atoms with Gasteiger partial charge in [-0.3, -0.25) is 4.79 Å². The highest BCUT2D eigenvalue weighted by atomic mass is 127. The maximum atomic E-state index is 12.2. The van der Waals surface area contributed by atoms with Crippen LogP contribution in [0.15, 0.2) is 12.1 Å². The lowest BCUT2D eigenvalue weighted by Crippen LogP contribution is -2.18. The zero-order valence-electron chi connectivity index (χ0n) is 10.3. The first-order chi connectivity index (χ1) is 9.26. The quantitative estimate of drug-likeness (QED) is 0.577. The smallest absolute Gasteiger partial charge is 0.466 e. The van der Waals surface area contributed by atoms with Crippen molar-refractivity contribution in [2.24, 2.45) is 0 Å². The summed E-state index contributed by atoms with van der Waals surface area (Å²) in [5, 5.41) is 8.93. The van der Waals surface area contributed by atoms with Gasteiger partial charge in [0.1, 0.15) is 5.75 Å². The summed E-state index contributed by atoms with van der Waals surface area (Å²) in [6.07, 6.45) is -5.02. The van der Waals surface area contributed by atoms with Gasteiger partial charge in [-0.1, -0.05) is 0 Å². The monoisotopic (exact) mass is 399 g/mol. The Morgan fingerprint density at radius 2 is 2.10 bits per heavy atom. The molecule has 0 aliphatic carbocycles. The normalized spacial score (nSPS) is 10.8. The van der Waals surface area contributed by atoms with E-state index in [2.05, 4.69) is 4.74 Å². The minimum atomic E-state index is -4.84. The van der Waals surface area contributed by atoms with Crippen molar-refractivity contribution in [3.8, 4) is 11.8 Å². The number of carbonyl (C=O) groups excluding carboxylic acids is 1. The van der Waals surface area contributed by atoms with E-state index in [1.54, 1.807) is 35.6 Å². The van der Waals surface area contributed by atoms with Crippen LogP contribution in [0.25, 0.3) is 0 Å². The number of rotatable bonds is 4. The molecule has 0 N–H and O–H groups in total. The molecule has 0 amide bonds. The van der Waals surface area contributed by atoms with Crippen molar-refractivity contribution in [2.45, 2.75) is 19.7 Å². The third-order valence-electron chi connectivity index (χ3n) is 2.14. The fraction of sp³-hybridized carbons (Fsp3) is 0.333. The van der Waals surface area contributed by atoms with E-state index < -0.39 is 18.1 Å². The van der Waals surface area contributed by atoms with Gasteiger partial charge >= 0.3 is 12.3 Å². The molecule has 0 heterocycles. The molecule has 1 aromatic rings. The Morgan fingerprint density at radius 3 is 2.60 bits per heavy atom. The molecule has 0 radical (unpaired) electrons. The average molecular weight is 399 g/mol. The minimum Gasteiger partial charge on any atom is -0.466 e.